The Hall–Kier alpha value is -2.21. The Morgan fingerprint density at radius 3 is 2.88 bits per heavy atom. The van der Waals surface area contributed by atoms with Gasteiger partial charge in [-0.05, 0) is 25.1 Å². The average Bonchev–Trinajstić information content (AvgIpc) is 2.28. The topological polar surface area (TPSA) is 39.4 Å². The Labute approximate surface area is 92.7 Å². The molecule has 0 aliphatic heterocycles. The summed E-state index contributed by atoms with van der Waals surface area (Å²) in [5, 5.41) is 0.848. The number of rotatable bonds is 2. The first-order chi connectivity index (χ1) is 7.69. The van der Waals surface area contributed by atoms with Crippen molar-refractivity contribution < 1.29 is 9.15 Å². The molecule has 3 heteroatoms. The lowest BCUT2D eigenvalue weighted by atomic mass is 10.2. The fraction of sp³-hybridized carbons (Fsp3) is 0.154. The normalized spacial score (nSPS) is 12.0. The highest BCUT2D eigenvalue weighted by Gasteiger charge is 2.02. The molecule has 1 atom stereocenters. The second-order valence-electron chi connectivity index (χ2n) is 3.38. The molecule has 1 unspecified atom stereocenters. The molecule has 1 aromatic carbocycles. The number of benzene rings is 1. The second-order valence-corrected chi connectivity index (χ2v) is 3.38. The molecule has 0 saturated heterocycles. The molecule has 0 aliphatic rings. The summed E-state index contributed by atoms with van der Waals surface area (Å²) in [5.74, 6) is 3.05. The molecule has 2 aromatic rings. The van der Waals surface area contributed by atoms with Crippen LogP contribution in [0.5, 0.6) is 5.75 Å². The molecule has 0 radical (unpaired) electrons. The van der Waals surface area contributed by atoms with Crippen LogP contribution in [0, 0.1) is 12.3 Å². The van der Waals surface area contributed by atoms with Gasteiger partial charge < -0.3 is 9.15 Å². The predicted octanol–water partition coefficient (Wildman–Crippen LogP) is 2.19. The van der Waals surface area contributed by atoms with E-state index in [2.05, 4.69) is 5.92 Å². The first kappa shape index (κ1) is 10.3. The Morgan fingerprint density at radius 1 is 1.38 bits per heavy atom. The zero-order valence-corrected chi connectivity index (χ0v) is 8.77. The van der Waals surface area contributed by atoms with Crippen molar-refractivity contribution in [2.75, 3.05) is 0 Å². The molecule has 16 heavy (non-hydrogen) atoms. The number of ether oxygens (including phenoxy) is 1. The molecular formula is C13H10O3. The van der Waals surface area contributed by atoms with E-state index in [0.29, 0.717) is 11.3 Å². The lowest BCUT2D eigenvalue weighted by Gasteiger charge is -2.08. The van der Waals surface area contributed by atoms with Gasteiger partial charge in [0.2, 0.25) is 0 Å². The third kappa shape index (κ3) is 2.06. The second kappa shape index (κ2) is 4.11. The van der Waals surface area contributed by atoms with Gasteiger partial charge in [-0.2, -0.15) is 0 Å². The van der Waals surface area contributed by atoms with E-state index in [4.69, 9.17) is 15.6 Å². The summed E-state index contributed by atoms with van der Waals surface area (Å²) in [5.41, 5.74) is 0.115. The molecule has 80 valence electrons. The fourth-order valence-corrected chi connectivity index (χ4v) is 1.35. The Balaban J connectivity index is 2.43. The Kier molecular flexibility index (Phi) is 2.65. The van der Waals surface area contributed by atoms with Crippen LogP contribution in [0.3, 0.4) is 0 Å². The largest absolute Gasteiger partial charge is 0.478 e. The summed E-state index contributed by atoms with van der Waals surface area (Å²) in [6.07, 6.45) is 4.90. The highest BCUT2D eigenvalue weighted by atomic mass is 16.5. The summed E-state index contributed by atoms with van der Waals surface area (Å²) in [7, 11) is 0. The maximum atomic E-state index is 11.0. The van der Waals surface area contributed by atoms with Gasteiger partial charge in [-0.1, -0.05) is 5.92 Å². The lowest BCUT2D eigenvalue weighted by Crippen LogP contribution is -2.07. The maximum absolute atomic E-state index is 11.0. The summed E-state index contributed by atoms with van der Waals surface area (Å²) in [4.78, 5) is 11.0. The van der Waals surface area contributed by atoms with Crippen LogP contribution >= 0.6 is 0 Å². The summed E-state index contributed by atoms with van der Waals surface area (Å²) in [6, 6.07) is 8.35. The van der Waals surface area contributed by atoms with E-state index in [1.165, 1.54) is 6.07 Å². The van der Waals surface area contributed by atoms with E-state index < -0.39 is 0 Å². The quantitative estimate of drug-likeness (QED) is 0.568. The zero-order chi connectivity index (χ0) is 11.5. The Bertz CT molecular complexity index is 604. The van der Waals surface area contributed by atoms with E-state index in [1.54, 1.807) is 25.1 Å². The third-order valence-electron chi connectivity index (χ3n) is 2.14. The lowest BCUT2D eigenvalue weighted by molar-refractivity contribution is 0.279. The molecule has 0 spiro atoms. The molecule has 0 saturated carbocycles. The van der Waals surface area contributed by atoms with E-state index in [1.807, 2.05) is 6.07 Å². The minimum Gasteiger partial charge on any atom is -0.478 e. The van der Waals surface area contributed by atoms with Gasteiger partial charge in [-0.25, -0.2) is 4.79 Å². The van der Waals surface area contributed by atoms with Gasteiger partial charge in [-0.3, -0.25) is 0 Å². The highest BCUT2D eigenvalue weighted by molar-refractivity contribution is 5.77. The fourth-order valence-electron chi connectivity index (χ4n) is 1.35. The van der Waals surface area contributed by atoms with Crippen LogP contribution in [0.15, 0.2) is 39.5 Å². The highest BCUT2D eigenvalue weighted by Crippen LogP contribution is 2.20. The molecule has 0 fully saturated rings. The van der Waals surface area contributed by atoms with Crippen LogP contribution in [0.4, 0.5) is 0 Å². The van der Waals surface area contributed by atoms with Crippen molar-refractivity contribution >= 4 is 11.0 Å². The van der Waals surface area contributed by atoms with E-state index >= 15 is 0 Å². The first-order valence-corrected chi connectivity index (χ1v) is 4.86. The van der Waals surface area contributed by atoms with Gasteiger partial charge in [0, 0.05) is 17.5 Å². The number of hydrogen-bond acceptors (Lipinski definition) is 3. The molecule has 1 heterocycles. The summed E-state index contributed by atoms with van der Waals surface area (Å²) < 4.78 is 10.4. The molecule has 3 nitrogen and oxygen atoms in total. The standard InChI is InChI=1S/C13H10O3/c1-3-9(2)15-11-6-4-10-5-7-13(14)16-12(10)8-11/h1,4-9H,2H3. The van der Waals surface area contributed by atoms with Crippen molar-refractivity contribution in [3.8, 4) is 18.1 Å². The zero-order valence-electron chi connectivity index (χ0n) is 8.77. The molecule has 2 rings (SSSR count). The SMILES string of the molecule is C#CC(C)Oc1ccc2ccc(=O)oc2c1. The van der Waals surface area contributed by atoms with Crippen molar-refractivity contribution in [2.45, 2.75) is 13.0 Å². The van der Waals surface area contributed by atoms with Gasteiger partial charge in [0.15, 0.2) is 6.10 Å². The van der Waals surface area contributed by atoms with Crippen molar-refractivity contribution in [3.63, 3.8) is 0 Å². The van der Waals surface area contributed by atoms with E-state index in [9.17, 15) is 4.79 Å². The molecule has 1 aromatic heterocycles. The minimum atomic E-state index is -0.380. The predicted molar refractivity (Wildman–Crippen MR) is 61.4 cm³/mol. The van der Waals surface area contributed by atoms with Crippen molar-refractivity contribution in [2.24, 2.45) is 0 Å². The van der Waals surface area contributed by atoms with Crippen molar-refractivity contribution in [3.05, 3.63) is 40.8 Å². The third-order valence-corrected chi connectivity index (χ3v) is 2.14. The van der Waals surface area contributed by atoms with Crippen LogP contribution in [0.2, 0.25) is 0 Å². The van der Waals surface area contributed by atoms with Gasteiger partial charge in [0.1, 0.15) is 11.3 Å². The monoisotopic (exact) mass is 214 g/mol. The number of terminal acetylenes is 1. The van der Waals surface area contributed by atoms with Gasteiger partial charge in [0.25, 0.3) is 0 Å². The van der Waals surface area contributed by atoms with Crippen LogP contribution < -0.4 is 10.4 Å². The maximum Gasteiger partial charge on any atom is 0.336 e. The van der Waals surface area contributed by atoms with Crippen LogP contribution in [0.1, 0.15) is 6.92 Å². The van der Waals surface area contributed by atoms with Gasteiger partial charge in [-0.15, -0.1) is 6.42 Å². The molecule has 0 amide bonds. The molecule has 0 bridgehead atoms. The van der Waals surface area contributed by atoms with Crippen LogP contribution in [-0.4, -0.2) is 6.10 Å². The van der Waals surface area contributed by atoms with Crippen molar-refractivity contribution in [1.29, 1.82) is 0 Å². The summed E-state index contributed by atoms with van der Waals surface area (Å²) >= 11 is 0. The smallest absolute Gasteiger partial charge is 0.336 e. The molecule has 0 aliphatic carbocycles. The molecule has 0 N–H and O–H groups in total. The Morgan fingerprint density at radius 2 is 2.12 bits per heavy atom. The van der Waals surface area contributed by atoms with Gasteiger partial charge in [0.05, 0.1) is 0 Å². The number of fused-ring (bicyclic) bond motifs is 1. The van der Waals surface area contributed by atoms with Gasteiger partial charge >= 0.3 is 5.63 Å². The first-order valence-electron chi connectivity index (χ1n) is 4.86. The van der Waals surface area contributed by atoms with Crippen LogP contribution in [0.25, 0.3) is 11.0 Å². The van der Waals surface area contributed by atoms with Crippen molar-refractivity contribution in [1.82, 2.24) is 0 Å². The van der Waals surface area contributed by atoms with Crippen LogP contribution in [-0.2, 0) is 0 Å². The van der Waals surface area contributed by atoms with E-state index in [0.717, 1.165) is 5.39 Å². The number of hydrogen-bond donors (Lipinski definition) is 0. The summed E-state index contributed by atoms with van der Waals surface area (Å²) in [6.45, 7) is 1.77. The van der Waals surface area contributed by atoms with E-state index in [-0.39, 0.29) is 11.7 Å². The molecular weight excluding hydrogens is 204 g/mol. The minimum absolute atomic E-state index is 0.312. The average molecular weight is 214 g/mol.